The van der Waals surface area contributed by atoms with Crippen molar-refractivity contribution in [1.29, 1.82) is 0 Å². The van der Waals surface area contributed by atoms with Crippen molar-refractivity contribution in [2.24, 2.45) is 0 Å². The Morgan fingerprint density at radius 1 is 1.14 bits per heavy atom. The van der Waals surface area contributed by atoms with E-state index in [0.29, 0.717) is 24.5 Å². The van der Waals surface area contributed by atoms with E-state index in [4.69, 9.17) is 14.2 Å². The summed E-state index contributed by atoms with van der Waals surface area (Å²) in [5.74, 6) is -0.113. The maximum absolute atomic E-state index is 12.3. The Morgan fingerprint density at radius 2 is 1.90 bits per heavy atom. The Labute approximate surface area is 171 Å². The molecule has 0 radical (unpaired) electrons. The first kappa shape index (κ1) is 20.9. The summed E-state index contributed by atoms with van der Waals surface area (Å²) < 4.78 is 16.4. The second-order valence-electron chi connectivity index (χ2n) is 7.22. The van der Waals surface area contributed by atoms with Crippen LogP contribution in [0.3, 0.4) is 0 Å². The lowest BCUT2D eigenvalue weighted by molar-refractivity contribution is -0.133. The molecule has 1 amide bonds. The second kappa shape index (κ2) is 10.1. The Morgan fingerprint density at radius 3 is 2.59 bits per heavy atom. The number of hydrogen-bond acceptors (Lipinski definition) is 5. The Hall–Kier alpha value is -2.86. The molecule has 0 bridgehead atoms. The summed E-state index contributed by atoms with van der Waals surface area (Å²) in [7, 11) is 1.70. The smallest absolute Gasteiger partial charge is 0.338 e. The number of ether oxygens (including phenoxy) is 3. The third kappa shape index (κ3) is 6.06. The van der Waals surface area contributed by atoms with Crippen molar-refractivity contribution in [1.82, 2.24) is 4.90 Å². The fourth-order valence-electron chi connectivity index (χ4n) is 3.10. The van der Waals surface area contributed by atoms with Crippen LogP contribution in [0.4, 0.5) is 0 Å². The van der Waals surface area contributed by atoms with Crippen molar-refractivity contribution in [3.05, 3.63) is 65.2 Å². The van der Waals surface area contributed by atoms with Crippen LogP contribution >= 0.6 is 0 Å². The van der Waals surface area contributed by atoms with Crippen LogP contribution in [0.1, 0.15) is 34.3 Å². The van der Waals surface area contributed by atoms with Gasteiger partial charge in [0.15, 0.2) is 6.61 Å². The maximum Gasteiger partial charge on any atom is 0.338 e. The lowest BCUT2D eigenvalue weighted by Gasteiger charge is -2.18. The van der Waals surface area contributed by atoms with E-state index >= 15 is 0 Å². The lowest BCUT2D eigenvalue weighted by atomic mass is 10.1. The van der Waals surface area contributed by atoms with E-state index in [1.165, 1.54) is 0 Å². The molecule has 1 aliphatic heterocycles. The van der Waals surface area contributed by atoms with Crippen molar-refractivity contribution in [3.63, 3.8) is 0 Å². The molecular formula is C23H27NO5. The van der Waals surface area contributed by atoms with E-state index in [1.54, 1.807) is 36.2 Å². The Balaban J connectivity index is 1.44. The summed E-state index contributed by atoms with van der Waals surface area (Å²) in [6.45, 7) is 3.48. The van der Waals surface area contributed by atoms with Crippen LogP contribution < -0.4 is 4.74 Å². The molecule has 1 atom stereocenters. The molecule has 6 nitrogen and oxygen atoms in total. The van der Waals surface area contributed by atoms with Crippen molar-refractivity contribution >= 4 is 11.9 Å². The molecule has 0 aliphatic carbocycles. The number of carbonyl (C=O) groups is 2. The fourth-order valence-corrected chi connectivity index (χ4v) is 3.10. The van der Waals surface area contributed by atoms with Gasteiger partial charge in [-0.15, -0.1) is 0 Å². The first-order chi connectivity index (χ1) is 14.0. The molecular weight excluding hydrogens is 370 g/mol. The van der Waals surface area contributed by atoms with Gasteiger partial charge in [-0.25, -0.2) is 4.79 Å². The van der Waals surface area contributed by atoms with Crippen molar-refractivity contribution in [2.75, 3.05) is 26.9 Å². The molecule has 0 unspecified atom stereocenters. The number of likely N-dealkylation sites (N-methyl/N-ethyl adjacent to an activating group) is 1. The van der Waals surface area contributed by atoms with E-state index in [9.17, 15) is 9.59 Å². The predicted octanol–water partition coefficient (Wildman–Crippen LogP) is 3.37. The number of rotatable bonds is 8. The third-order valence-corrected chi connectivity index (χ3v) is 4.97. The topological polar surface area (TPSA) is 65.1 Å². The van der Waals surface area contributed by atoms with Gasteiger partial charge in [0.05, 0.1) is 11.7 Å². The molecule has 6 heteroatoms. The zero-order chi connectivity index (χ0) is 20.6. The van der Waals surface area contributed by atoms with Gasteiger partial charge in [0, 0.05) is 20.2 Å². The van der Waals surface area contributed by atoms with Crippen LogP contribution in [0.15, 0.2) is 48.5 Å². The Kier molecular flexibility index (Phi) is 7.25. The van der Waals surface area contributed by atoms with Crippen LogP contribution in [0.5, 0.6) is 5.75 Å². The van der Waals surface area contributed by atoms with Gasteiger partial charge in [-0.05, 0) is 55.2 Å². The van der Waals surface area contributed by atoms with Crippen molar-refractivity contribution in [3.8, 4) is 5.75 Å². The highest BCUT2D eigenvalue weighted by atomic mass is 16.5. The van der Waals surface area contributed by atoms with E-state index in [-0.39, 0.29) is 18.6 Å². The molecule has 1 aliphatic rings. The molecule has 0 aromatic heterocycles. The number of aryl methyl sites for hydroxylation is 1. The van der Waals surface area contributed by atoms with E-state index < -0.39 is 5.97 Å². The van der Waals surface area contributed by atoms with Gasteiger partial charge in [0.1, 0.15) is 12.4 Å². The fraction of sp³-hybridized carbons (Fsp3) is 0.391. The molecule has 1 heterocycles. The van der Waals surface area contributed by atoms with Gasteiger partial charge >= 0.3 is 5.97 Å². The number of carbonyl (C=O) groups excluding carboxylic acids is 2. The zero-order valence-electron chi connectivity index (χ0n) is 16.9. The quantitative estimate of drug-likeness (QED) is 0.639. The zero-order valence-corrected chi connectivity index (χ0v) is 16.9. The summed E-state index contributed by atoms with van der Waals surface area (Å²) in [6.07, 6.45) is 2.22. The van der Waals surface area contributed by atoms with Gasteiger partial charge in [0.25, 0.3) is 5.91 Å². The van der Waals surface area contributed by atoms with Crippen LogP contribution in [0.2, 0.25) is 0 Å². The van der Waals surface area contributed by atoms with Gasteiger partial charge in [0.2, 0.25) is 0 Å². The summed E-state index contributed by atoms with van der Waals surface area (Å²) in [4.78, 5) is 26.0. The second-order valence-corrected chi connectivity index (χ2v) is 7.22. The molecule has 1 saturated heterocycles. The van der Waals surface area contributed by atoms with Gasteiger partial charge in [-0.2, -0.15) is 0 Å². The summed E-state index contributed by atoms with van der Waals surface area (Å²) in [5, 5.41) is 0. The van der Waals surface area contributed by atoms with E-state index in [2.05, 4.69) is 0 Å². The molecule has 0 N–H and O–H groups in total. The van der Waals surface area contributed by atoms with Gasteiger partial charge in [-0.3, -0.25) is 4.79 Å². The predicted molar refractivity (Wildman–Crippen MR) is 109 cm³/mol. The number of benzene rings is 2. The standard InChI is InChI=1S/C23H27NO5/c1-17-6-3-4-7-19(17)14-24(2)22(25)16-29-23(26)18-9-11-20(12-10-18)28-15-21-8-5-13-27-21/h3-4,6-7,9-12,21H,5,8,13-16H2,1-2H3/t21-/m1/s1. The first-order valence-corrected chi connectivity index (χ1v) is 9.83. The average Bonchev–Trinajstić information content (AvgIpc) is 3.26. The van der Waals surface area contributed by atoms with Crippen molar-refractivity contribution in [2.45, 2.75) is 32.4 Å². The van der Waals surface area contributed by atoms with Gasteiger partial charge < -0.3 is 19.1 Å². The monoisotopic (exact) mass is 397 g/mol. The minimum Gasteiger partial charge on any atom is -0.491 e. The van der Waals surface area contributed by atoms with E-state index in [0.717, 1.165) is 30.6 Å². The molecule has 0 spiro atoms. The van der Waals surface area contributed by atoms with E-state index in [1.807, 2.05) is 31.2 Å². The van der Waals surface area contributed by atoms with Gasteiger partial charge in [-0.1, -0.05) is 24.3 Å². The molecule has 1 fully saturated rings. The number of nitrogens with zero attached hydrogens (tertiary/aromatic N) is 1. The molecule has 2 aromatic rings. The summed E-state index contributed by atoms with van der Waals surface area (Å²) in [5.41, 5.74) is 2.56. The molecule has 0 saturated carbocycles. The first-order valence-electron chi connectivity index (χ1n) is 9.83. The highest BCUT2D eigenvalue weighted by Crippen LogP contribution is 2.17. The molecule has 29 heavy (non-hydrogen) atoms. The Bertz CT molecular complexity index is 827. The van der Waals surface area contributed by atoms with Crippen molar-refractivity contribution < 1.29 is 23.8 Å². The minimum atomic E-state index is -0.534. The van der Waals surface area contributed by atoms with Crippen LogP contribution in [-0.2, 0) is 20.8 Å². The maximum atomic E-state index is 12.3. The summed E-state index contributed by atoms with van der Waals surface area (Å²) >= 11 is 0. The molecule has 154 valence electrons. The highest BCUT2D eigenvalue weighted by molar-refractivity contribution is 5.91. The average molecular weight is 397 g/mol. The SMILES string of the molecule is Cc1ccccc1CN(C)C(=O)COC(=O)c1ccc(OC[C@H]2CCCO2)cc1. The molecule has 3 rings (SSSR count). The number of hydrogen-bond donors (Lipinski definition) is 0. The number of esters is 1. The van der Waals surface area contributed by atoms with Crippen LogP contribution in [0, 0.1) is 6.92 Å². The minimum absolute atomic E-state index is 0.141. The highest BCUT2D eigenvalue weighted by Gasteiger charge is 2.17. The third-order valence-electron chi connectivity index (χ3n) is 4.97. The summed E-state index contributed by atoms with van der Waals surface area (Å²) in [6, 6.07) is 14.6. The molecule has 2 aromatic carbocycles. The number of amides is 1. The van der Waals surface area contributed by atoms with Crippen LogP contribution in [0.25, 0.3) is 0 Å². The normalized spacial score (nSPS) is 15.7. The lowest BCUT2D eigenvalue weighted by Crippen LogP contribution is -2.31. The van der Waals surface area contributed by atoms with Crippen LogP contribution in [-0.4, -0.2) is 49.7 Å². The largest absolute Gasteiger partial charge is 0.491 e.